The highest BCUT2D eigenvalue weighted by atomic mass is 35.5. The van der Waals surface area contributed by atoms with Gasteiger partial charge in [-0.25, -0.2) is 0 Å². The van der Waals surface area contributed by atoms with Crippen LogP contribution in [-0.2, 0) is 9.59 Å². The SMILES string of the molecule is CCN(CC)CCN1C(=O)C(=O)/C(=C(\O)c2ccncc2)C1c1ccc(Cl)cc1. The standard InChI is InChI=1S/C22H24ClN3O3/c1-3-25(4-2)13-14-26-19(15-5-7-17(23)8-6-15)18(21(28)22(26)29)20(27)16-9-11-24-12-10-16/h5-12,19,27H,3-4,13-14H2,1-2H3/b20-18-. The van der Waals surface area contributed by atoms with Crippen molar-refractivity contribution in [2.24, 2.45) is 0 Å². The van der Waals surface area contributed by atoms with Crippen molar-refractivity contribution in [2.45, 2.75) is 19.9 Å². The highest BCUT2D eigenvalue weighted by Gasteiger charge is 2.45. The number of halogens is 1. The number of nitrogens with zero attached hydrogens (tertiary/aromatic N) is 3. The Morgan fingerprint density at radius 2 is 1.72 bits per heavy atom. The third kappa shape index (κ3) is 4.33. The van der Waals surface area contributed by atoms with Gasteiger partial charge in [-0.05, 0) is 42.9 Å². The van der Waals surface area contributed by atoms with E-state index < -0.39 is 17.7 Å². The van der Waals surface area contributed by atoms with Gasteiger partial charge in [-0.15, -0.1) is 0 Å². The minimum absolute atomic E-state index is 0.0862. The summed E-state index contributed by atoms with van der Waals surface area (Å²) in [5, 5.41) is 11.5. The number of carbonyl (C=O) groups is 2. The van der Waals surface area contributed by atoms with Crippen molar-refractivity contribution in [1.82, 2.24) is 14.8 Å². The predicted octanol–water partition coefficient (Wildman–Crippen LogP) is 3.50. The van der Waals surface area contributed by atoms with Crippen molar-refractivity contribution in [3.8, 4) is 0 Å². The van der Waals surface area contributed by atoms with Crippen LogP contribution < -0.4 is 0 Å². The number of rotatable bonds is 7. The lowest BCUT2D eigenvalue weighted by molar-refractivity contribution is -0.140. The second kappa shape index (κ2) is 9.20. The number of aliphatic hydroxyl groups is 1. The molecule has 1 aromatic heterocycles. The van der Waals surface area contributed by atoms with Crippen molar-refractivity contribution in [2.75, 3.05) is 26.2 Å². The molecule has 6 nitrogen and oxygen atoms in total. The van der Waals surface area contributed by atoms with E-state index in [1.807, 2.05) is 0 Å². The van der Waals surface area contributed by atoms with Gasteiger partial charge in [0.25, 0.3) is 11.7 Å². The van der Waals surface area contributed by atoms with Gasteiger partial charge in [0.2, 0.25) is 0 Å². The fourth-order valence-electron chi connectivity index (χ4n) is 3.56. The van der Waals surface area contributed by atoms with Gasteiger partial charge in [-0.1, -0.05) is 37.6 Å². The van der Waals surface area contributed by atoms with Gasteiger partial charge in [-0.3, -0.25) is 14.6 Å². The zero-order valence-corrected chi connectivity index (χ0v) is 17.3. The molecule has 1 N–H and O–H groups in total. The first-order chi connectivity index (χ1) is 14.0. The second-order valence-corrected chi connectivity index (χ2v) is 7.24. The number of hydrogen-bond acceptors (Lipinski definition) is 5. The quantitative estimate of drug-likeness (QED) is 0.427. The van der Waals surface area contributed by atoms with Gasteiger partial charge in [0, 0.05) is 36.1 Å². The molecule has 152 valence electrons. The average molecular weight is 414 g/mol. The van der Waals surface area contributed by atoms with Gasteiger partial charge >= 0.3 is 0 Å². The maximum absolute atomic E-state index is 12.9. The smallest absolute Gasteiger partial charge is 0.295 e. The average Bonchev–Trinajstić information content (AvgIpc) is 3.00. The first kappa shape index (κ1) is 21.0. The Labute approximate surface area is 175 Å². The number of amides is 1. The molecule has 2 heterocycles. The molecule has 1 aliphatic heterocycles. The largest absolute Gasteiger partial charge is 0.507 e. The fourth-order valence-corrected chi connectivity index (χ4v) is 3.68. The lowest BCUT2D eigenvalue weighted by atomic mass is 9.95. The topological polar surface area (TPSA) is 73.7 Å². The van der Waals surface area contributed by atoms with Crippen molar-refractivity contribution in [1.29, 1.82) is 0 Å². The van der Waals surface area contributed by atoms with Crippen LogP contribution in [0, 0.1) is 0 Å². The van der Waals surface area contributed by atoms with Crippen LogP contribution in [-0.4, -0.2) is 57.8 Å². The summed E-state index contributed by atoms with van der Waals surface area (Å²) < 4.78 is 0. The van der Waals surface area contributed by atoms with E-state index in [-0.39, 0.29) is 11.3 Å². The third-order valence-corrected chi connectivity index (χ3v) is 5.48. The molecule has 2 aromatic rings. The van der Waals surface area contributed by atoms with Crippen LogP contribution in [0.5, 0.6) is 0 Å². The van der Waals surface area contributed by atoms with Crippen LogP contribution in [0.4, 0.5) is 0 Å². The van der Waals surface area contributed by atoms with Crippen LogP contribution in [0.25, 0.3) is 5.76 Å². The van der Waals surface area contributed by atoms with Gasteiger partial charge in [0.1, 0.15) is 5.76 Å². The van der Waals surface area contributed by atoms with E-state index in [1.54, 1.807) is 36.4 Å². The van der Waals surface area contributed by atoms with Crippen molar-refractivity contribution >= 4 is 29.1 Å². The lowest BCUT2D eigenvalue weighted by Crippen LogP contribution is -2.38. The summed E-state index contributed by atoms with van der Waals surface area (Å²) in [6.07, 6.45) is 3.06. The molecule has 1 fully saturated rings. The summed E-state index contributed by atoms with van der Waals surface area (Å²) >= 11 is 6.02. The van der Waals surface area contributed by atoms with Crippen molar-refractivity contribution in [3.63, 3.8) is 0 Å². The van der Waals surface area contributed by atoms with E-state index in [0.717, 1.165) is 18.7 Å². The second-order valence-electron chi connectivity index (χ2n) is 6.81. The van der Waals surface area contributed by atoms with E-state index in [1.165, 1.54) is 17.3 Å². The Morgan fingerprint density at radius 3 is 2.31 bits per heavy atom. The molecule has 1 atom stereocenters. The van der Waals surface area contributed by atoms with Crippen LogP contribution in [0.15, 0.2) is 54.4 Å². The zero-order chi connectivity index (χ0) is 21.0. The van der Waals surface area contributed by atoms with Crippen LogP contribution in [0.2, 0.25) is 5.02 Å². The number of carbonyl (C=O) groups excluding carboxylic acids is 2. The molecule has 0 bridgehead atoms. The van der Waals surface area contributed by atoms with Gasteiger partial charge in [0.05, 0.1) is 11.6 Å². The Bertz CT molecular complexity index is 909. The Morgan fingerprint density at radius 1 is 1.10 bits per heavy atom. The van der Waals surface area contributed by atoms with Crippen LogP contribution in [0.1, 0.15) is 31.0 Å². The molecular formula is C22H24ClN3O3. The molecule has 1 unspecified atom stereocenters. The number of likely N-dealkylation sites (tertiary alicyclic amines) is 1. The van der Waals surface area contributed by atoms with E-state index in [2.05, 4.69) is 23.7 Å². The van der Waals surface area contributed by atoms with Gasteiger partial charge < -0.3 is 14.9 Å². The summed E-state index contributed by atoms with van der Waals surface area (Å²) in [5.41, 5.74) is 1.26. The first-order valence-corrected chi connectivity index (χ1v) is 10.0. The first-order valence-electron chi connectivity index (χ1n) is 9.64. The molecule has 7 heteroatoms. The third-order valence-electron chi connectivity index (χ3n) is 5.23. The monoisotopic (exact) mass is 413 g/mol. The van der Waals surface area contributed by atoms with E-state index in [4.69, 9.17) is 11.6 Å². The summed E-state index contributed by atoms with van der Waals surface area (Å²) in [7, 11) is 0. The summed E-state index contributed by atoms with van der Waals surface area (Å²) in [4.78, 5) is 33.4. The van der Waals surface area contributed by atoms with Crippen molar-refractivity contribution < 1.29 is 14.7 Å². The summed E-state index contributed by atoms with van der Waals surface area (Å²) in [6, 6.07) is 9.54. The number of benzene rings is 1. The predicted molar refractivity (Wildman–Crippen MR) is 112 cm³/mol. The minimum atomic E-state index is -0.682. The number of ketones is 1. The number of aliphatic hydroxyl groups excluding tert-OH is 1. The van der Waals surface area contributed by atoms with Crippen LogP contribution in [0.3, 0.4) is 0 Å². The van der Waals surface area contributed by atoms with E-state index in [0.29, 0.717) is 23.7 Å². The number of pyridine rings is 1. The molecule has 1 aliphatic rings. The van der Waals surface area contributed by atoms with E-state index in [9.17, 15) is 14.7 Å². The molecular weight excluding hydrogens is 390 g/mol. The summed E-state index contributed by atoms with van der Waals surface area (Å²) in [5.74, 6) is -1.48. The molecule has 0 spiro atoms. The molecule has 0 radical (unpaired) electrons. The molecule has 0 saturated carbocycles. The normalized spacial score (nSPS) is 18.6. The molecule has 3 rings (SSSR count). The maximum Gasteiger partial charge on any atom is 0.295 e. The Balaban J connectivity index is 2.07. The molecule has 1 amide bonds. The molecule has 1 aromatic carbocycles. The number of Topliss-reactive ketones (excluding diaryl/α,β-unsaturated/α-hetero) is 1. The summed E-state index contributed by atoms with van der Waals surface area (Å²) in [6.45, 7) is 6.83. The van der Waals surface area contributed by atoms with Gasteiger partial charge in [0.15, 0.2) is 0 Å². The Hall–Kier alpha value is -2.70. The lowest BCUT2D eigenvalue weighted by Gasteiger charge is -2.28. The fraction of sp³-hybridized carbons (Fsp3) is 0.318. The van der Waals surface area contributed by atoms with Gasteiger partial charge in [-0.2, -0.15) is 0 Å². The minimum Gasteiger partial charge on any atom is -0.507 e. The molecule has 0 aliphatic carbocycles. The number of hydrogen-bond donors (Lipinski definition) is 1. The highest BCUT2D eigenvalue weighted by molar-refractivity contribution is 6.46. The highest BCUT2D eigenvalue weighted by Crippen LogP contribution is 2.39. The van der Waals surface area contributed by atoms with Crippen LogP contribution >= 0.6 is 11.6 Å². The van der Waals surface area contributed by atoms with Crippen molar-refractivity contribution in [3.05, 3.63) is 70.5 Å². The maximum atomic E-state index is 12.9. The Kier molecular flexibility index (Phi) is 6.67. The number of aromatic nitrogens is 1. The number of likely N-dealkylation sites (N-methyl/N-ethyl adjacent to an activating group) is 1. The molecule has 1 saturated heterocycles. The zero-order valence-electron chi connectivity index (χ0n) is 16.5. The molecule has 29 heavy (non-hydrogen) atoms. The van der Waals surface area contributed by atoms with E-state index >= 15 is 0 Å².